The molecule has 1 saturated carbocycles. The monoisotopic (exact) mass is 170 g/mol. The molecule has 0 aliphatic heterocycles. The highest BCUT2D eigenvalue weighted by atomic mass is 15.0. The zero-order chi connectivity index (χ0) is 9.03. The lowest BCUT2D eigenvalue weighted by Crippen LogP contribution is -2.50. The van der Waals surface area contributed by atoms with Crippen molar-refractivity contribution >= 4 is 0 Å². The largest absolute Gasteiger partial charge is 0.313 e. The van der Waals surface area contributed by atoms with E-state index in [1.54, 1.807) is 0 Å². The quantitative estimate of drug-likeness (QED) is 0.611. The number of hydrogen-bond acceptors (Lipinski definition) is 2. The van der Waals surface area contributed by atoms with Gasteiger partial charge >= 0.3 is 0 Å². The Morgan fingerprint density at radius 1 is 1.25 bits per heavy atom. The third kappa shape index (κ3) is 3.11. The summed E-state index contributed by atoms with van der Waals surface area (Å²) in [7, 11) is 0. The summed E-state index contributed by atoms with van der Waals surface area (Å²) >= 11 is 0. The van der Waals surface area contributed by atoms with Crippen molar-refractivity contribution < 1.29 is 0 Å². The van der Waals surface area contributed by atoms with Gasteiger partial charge in [-0.15, -0.1) is 0 Å². The van der Waals surface area contributed by atoms with E-state index in [0.29, 0.717) is 11.6 Å². The molecule has 1 aliphatic rings. The zero-order valence-electron chi connectivity index (χ0n) is 8.61. The van der Waals surface area contributed by atoms with Gasteiger partial charge in [0.1, 0.15) is 0 Å². The lowest BCUT2D eigenvalue weighted by atomic mass is 9.78. The van der Waals surface area contributed by atoms with Crippen LogP contribution in [0.25, 0.3) is 0 Å². The molecular formula is C10H22N2. The second-order valence-corrected chi connectivity index (χ2v) is 4.45. The Bertz CT molecular complexity index is 128. The van der Waals surface area contributed by atoms with Crippen LogP contribution in [0.1, 0.15) is 40.0 Å². The van der Waals surface area contributed by atoms with Gasteiger partial charge in [0.15, 0.2) is 0 Å². The van der Waals surface area contributed by atoms with Crippen LogP contribution in [-0.4, -0.2) is 24.7 Å². The van der Waals surface area contributed by atoms with Crippen LogP contribution in [0.3, 0.4) is 0 Å². The molecule has 0 bridgehead atoms. The van der Waals surface area contributed by atoms with Crippen LogP contribution in [0.15, 0.2) is 0 Å². The molecule has 0 aromatic heterocycles. The highest BCUT2D eigenvalue weighted by Crippen LogP contribution is 2.30. The molecule has 2 nitrogen and oxygen atoms in total. The van der Waals surface area contributed by atoms with Crippen LogP contribution in [0.2, 0.25) is 0 Å². The molecule has 0 saturated heterocycles. The maximum absolute atomic E-state index is 3.59. The first-order chi connectivity index (χ1) is 5.62. The van der Waals surface area contributed by atoms with E-state index in [4.69, 9.17) is 0 Å². The third-order valence-electron chi connectivity index (χ3n) is 2.69. The lowest BCUT2D eigenvalue weighted by molar-refractivity contribution is 0.209. The van der Waals surface area contributed by atoms with Gasteiger partial charge in [0.2, 0.25) is 0 Å². The molecule has 0 aromatic rings. The second kappa shape index (κ2) is 4.24. The van der Waals surface area contributed by atoms with Crippen molar-refractivity contribution in [3.05, 3.63) is 0 Å². The molecule has 2 N–H and O–H groups in total. The Balaban J connectivity index is 1.95. The van der Waals surface area contributed by atoms with Gasteiger partial charge in [-0.2, -0.15) is 0 Å². The molecule has 1 aliphatic carbocycles. The molecule has 0 radical (unpaired) electrons. The minimum Gasteiger partial charge on any atom is -0.313 e. The highest BCUT2D eigenvalue weighted by Gasteiger charge is 2.30. The third-order valence-corrected chi connectivity index (χ3v) is 2.69. The molecule has 72 valence electrons. The summed E-state index contributed by atoms with van der Waals surface area (Å²) in [5.41, 5.74) is 0.471. The molecule has 0 spiro atoms. The van der Waals surface area contributed by atoms with Crippen molar-refractivity contribution in [1.82, 2.24) is 10.6 Å². The second-order valence-electron chi connectivity index (χ2n) is 4.45. The predicted octanol–water partition coefficient (Wildman–Crippen LogP) is 1.52. The summed E-state index contributed by atoms with van der Waals surface area (Å²) in [6.07, 6.45) is 4.12. The number of hydrogen-bond donors (Lipinski definition) is 2. The van der Waals surface area contributed by atoms with Gasteiger partial charge in [-0.05, 0) is 26.2 Å². The van der Waals surface area contributed by atoms with Gasteiger partial charge in [-0.1, -0.05) is 13.8 Å². The zero-order valence-corrected chi connectivity index (χ0v) is 8.61. The summed E-state index contributed by atoms with van der Waals surface area (Å²) in [4.78, 5) is 0. The van der Waals surface area contributed by atoms with Crippen LogP contribution >= 0.6 is 0 Å². The van der Waals surface area contributed by atoms with E-state index in [0.717, 1.165) is 13.1 Å². The van der Waals surface area contributed by atoms with E-state index in [1.165, 1.54) is 19.3 Å². The van der Waals surface area contributed by atoms with Gasteiger partial charge in [0.05, 0.1) is 0 Å². The van der Waals surface area contributed by atoms with Gasteiger partial charge in [-0.3, -0.25) is 0 Å². The molecule has 0 amide bonds. The Kier molecular flexibility index (Phi) is 3.53. The normalized spacial score (nSPS) is 21.0. The topological polar surface area (TPSA) is 24.1 Å². The smallest absolute Gasteiger partial charge is 0.0153 e. The van der Waals surface area contributed by atoms with Gasteiger partial charge in [0, 0.05) is 24.7 Å². The van der Waals surface area contributed by atoms with Gasteiger partial charge < -0.3 is 10.6 Å². The van der Waals surface area contributed by atoms with Crippen LogP contribution in [0.5, 0.6) is 0 Å². The first-order valence-electron chi connectivity index (χ1n) is 5.11. The van der Waals surface area contributed by atoms with Crippen molar-refractivity contribution in [3.63, 3.8) is 0 Å². The minimum absolute atomic E-state index is 0.471. The predicted molar refractivity (Wildman–Crippen MR) is 53.4 cm³/mol. The Morgan fingerprint density at radius 3 is 2.33 bits per heavy atom. The van der Waals surface area contributed by atoms with Crippen LogP contribution < -0.4 is 10.6 Å². The van der Waals surface area contributed by atoms with Crippen molar-refractivity contribution in [1.29, 1.82) is 0 Å². The summed E-state index contributed by atoms with van der Waals surface area (Å²) in [5.74, 6) is 0. The van der Waals surface area contributed by atoms with Crippen molar-refractivity contribution in [2.24, 2.45) is 0 Å². The van der Waals surface area contributed by atoms with Gasteiger partial charge in [0.25, 0.3) is 0 Å². The molecule has 12 heavy (non-hydrogen) atoms. The fourth-order valence-corrected chi connectivity index (χ4v) is 1.61. The highest BCUT2D eigenvalue weighted by molar-refractivity contribution is 4.91. The number of nitrogens with one attached hydrogen (secondary N) is 2. The Morgan fingerprint density at radius 2 is 1.92 bits per heavy atom. The van der Waals surface area contributed by atoms with Gasteiger partial charge in [-0.25, -0.2) is 0 Å². The maximum Gasteiger partial charge on any atom is 0.0153 e. The van der Waals surface area contributed by atoms with E-state index < -0.39 is 0 Å². The van der Waals surface area contributed by atoms with Crippen molar-refractivity contribution in [2.45, 2.75) is 51.6 Å². The van der Waals surface area contributed by atoms with Crippen LogP contribution in [-0.2, 0) is 0 Å². The molecule has 0 heterocycles. The maximum atomic E-state index is 3.59. The fraction of sp³-hybridized carbons (Fsp3) is 1.00. The lowest BCUT2D eigenvalue weighted by Gasteiger charge is -2.39. The summed E-state index contributed by atoms with van der Waals surface area (Å²) in [5, 5.41) is 6.99. The standard InChI is InChI=1S/C10H22N2/c1-9(2)11-7-8-12-10(3)5-4-6-10/h9,11-12H,4-8H2,1-3H3. The molecule has 1 rings (SSSR count). The average molecular weight is 170 g/mol. The van der Waals surface area contributed by atoms with Crippen molar-refractivity contribution in [3.8, 4) is 0 Å². The average Bonchev–Trinajstić information content (AvgIpc) is 1.94. The molecular weight excluding hydrogens is 148 g/mol. The van der Waals surface area contributed by atoms with E-state index in [-0.39, 0.29) is 0 Å². The molecule has 2 heteroatoms. The summed E-state index contributed by atoms with van der Waals surface area (Å²) in [6.45, 7) is 8.89. The first-order valence-corrected chi connectivity index (χ1v) is 5.11. The molecule has 0 atom stereocenters. The fourth-order valence-electron chi connectivity index (χ4n) is 1.61. The van der Waals surface area contributed by atoms with E-state index in [1.807, 2.05) is 0 Å². The van der Waals surface area contributed by atoms with E-state index in [2.05, 4.69) is 31.4 Å². The minimum atomic E-state index is 0.471. The van der Waals surface area contributed by atoms with Crippen LogP contribution in [0.4, 0.5) is 0 Å². The summed E-state index contributed by atoms with van der Waals surface area (Å²) < 4.78 is 0. The molecule has 0 aromatic carbocycles. The number of rotatable bonds is 5. The molecule has 1 fully saturated rings. The first kappa shape index (κ1) is 10.0. The van der Waals surface area contributed by atoms with Crippen LogP contribution in [0, 0.1) is 0 Å². The Hall–Kier alpha value is -0.0800. The molecule has 0 unspecified atom stereocenters. The SMILES string of the molecule is CC(C)NCCNC1(C)CCC1. The summed E-state index contributed by atoms with van der Waals surface area (Å²) in [6, 6.07) is 0.612. The Labute approximate surface area is 76.1 Å². The van der Waals surface area contributed by atoms with E-state index in [9.17, 15) is 0 Å². The van der Waals surface area contributed by atoms with E-state index >= 15 is 0 Å². The van der Waals surface area contributed by atoms with Crippen molar-refractivity contribution in [2.75, 3.05) is 13.1 Å².